The number of nitrogens with zero attached hydrogens (tertiary/aromatic N) is 6. The number of rotatable bonds is 2. The second-order valence-electron chi connectivity index (χ2n) is 8.45. The Balaban J connectivity index is 1.45. The number of piperazine rings is 1. The molecule has 2 aliphatic heterocycles. The fourth-order valence-electron chi connectivity index (χ4n) is 4.70. The maximum Gasteiger partial charge on any atom is 0.232 e. The lowest BCUT2D eigenvalue weighted by Crippen LogP contribution is -2.47. The number of halogens is 1. The van der Waals surface area contributed by atoms with Gasteiger partial charge >= 0.3 is 0 Å². The molecule has 0 bridgehead atoms. The summed E-state index contributed by atoms with van der Waals surface area (Å²) in [5, 5.41) is 19.4. The smallest absolute Gasteiger partial charge is 0.232 e. The third-order valence-corrected chi connectivity index (χ3v) is 6.79. The summed E-state index contributed by atoms with van der Waals surface area (Å²) in [6.07, 6.45) is 1.27. The van der Waals surface area contributed by atoms with Gasteiger partial charge in [0.25, 0.3) is 0 Å². The van der Waals surface area contributed by atoms with Crippen molar-refractivity contribution in [2.24, 2.45) is 5.92 Å². The second-order valence-corrected chi connectivity index (χ2v) is 8.89. The van der Waals surface area contributed by atoms with Gasteiger partial charge in [0.2, 0.25) is 5.95 Å². The monoisotopic (exact) mass is 432 g/mol. The summed E-state index contributed by atoms with van der Waals surface area (Å²) in [7, 11) is 0. The van der Waals surface area contributed by atoms with E-state index in [1.54, 1.807) is 0 Å². The fraction of sp³-hybridized carbons (Fsp3) is 0.375. The molecular formula is C24H25ClN6. The Bertz CT molecular complexity index is 1170. The predicted octanol–water partition coefficient (Wildman–Crippen LogP) is 4.10. The molecule has 0 radical (unpaired) electrons. The van der Waals surface area contributed by atoms with E-state index in [1.165, 1.54) is 16.8 Å². The maximum atomic E-state index is 9.61. The average molecular weight is 433 g/mol. The minimum absolute atomic E-state index is 0.128. The summed E-state index contributed by atoms with van der Waals surface area (Å²) in [6.45, 7) is 7.97. The van der Waals surface area contributed by atoms with Crippen LogP contribution in [-0.4, -0.2) is 40.9 Å². The molecule has 6 nitrogen and oxygen atoms in total. The van der Waals surface area contributed by atoms with E-state index in [-0.39, 0.29) is 5.92 Å². The van der Waals surface area contributed by atoms with Gasteiger partial charge in [-0.15, -0.1) is 10.2 Å². The summed E-state index contributed by atoms with van der Waals surface area (Å²) in [5.41, 5.74) is 6.10. The highest BCUT2D eigenvalue weighted by Gasteiger charge is 2.29. The van der Waals surface area contributed by atoms with E-state index in [2.05, 4.69) is 62.7 Å². The average Bonchev–Trinajstić information content (AvgIpc) is 3.11. The van der Waals surface area contributed by atoms with Gasteiger partial charge in [0, 0.05) is 43.3 Å². The molecule has 0 spiro atoms. The molecule has 0 aliphatic carbocycles. The molecular weight excluding hydrogens is 408 g/mol. The number of aromatic nitrogens is 3. The highest BCUT2D eigenvalue weighted by molar-refractivity contribution is 6.30. The highest BCUT2D eigenvalue weighted by atomic mass is 35.5. The van der Waals surface area contributed by atoms with Crippen LogP contribution >= 0.6 is 11.6 Å². The van der Waals surface area contributed by atoms with E-state index in [1.807, 2.05) is 18.2 Å². The third-order valence-electron chi connectivity index (χ3n) is 6.55. The van der Waals surface area contributed by atoms with Crippen molar-refractivity contribution in [2.75, 3.05) is 36.0 Å². The van der Waals surface area contributed by atoms with Crippen molar-refractivity contribution in [2.45, 2.75) is 26.7 Å². The quantitative estimate of drug-likeness (QED) is 0.610. The second kappa shape index (κ2) is 7.90. The van der Waals surface area contributed by atoms with Crippen LogP contribution in [0.1, 0.15) is 22.5 Å². The third kappa shape index (κ3) is 3.53. The Hall–Kier alpha value is -3.04. The van der Waals surface area contributed by atoms with Crippen molar-refractivity contribution in [3.63, 3.8) is 0 Å². The van der Waals surface area contributed by atoms with Crippen LogP contribution in [0.5, 0.6) is 0 Å². The topological polar surface area (TPSA) is 61.0 Å². The van der Waals surface area contributed by atoms with Crippen LogP contribution in [0.25, 0.3) is 5.69 Å². The van der Waals surface area contributed by atoms with E-state index >= 15 is 0 Å². The highest BCUT2D eigenvalue weighted by Crippen LogP contribution is 2.32. The molecule has 1 fully saturated rings. The van der Waals surface area contributed by atoms with Crippen LogP contribution < -0.4 is 9.80 Å². The van der Waals surface area contributed by atoms with Crippen molar-refractivity contribution >= 4 is 23.2 Å². The van der Waals surface area contributed by atoms with Crippen molar-refractivity contribution in [1.82, 2.24) is 14.8 Å². The summed E-state index contributed by atoms with van der Waals surface area (Å²) >= 11 is 6.27. The van der Waals surface area contributed by atoms with Crippen molar-refractivity contribution in [1.29, 1.82) is 5.26 Å². The zero-order valence-electron chi connectivity index (χ0n) is 17.8. The molecule has 0 amide bonds. The Morgan fingerprint density at radius 1 is 0.968 bits per heavy atom. The van der Waals surface area contributed by atoms with Crippen molar-refractivity contribution < 1.29 is 0 Å². The number of hydrogen-bond donors (Lipinski definition) is 0. The van der Waals surface area contributed by atoms with Crippen LogP contribution in [-0.2, 0) is 12.8 Å². The predicted molar refractivity (Wildman–Crippen MR) is 123 cm³/mol. The lowest BCUT2D eigenvalue weighted by Gasteiger charge is -2.37. The van der Waals surface area contributed by atoms with Gasteiger partial charge in [-0.1, -0.05) is 23.7 Å². The Kier molecular flexibility index (Phi) is 5.07. The molecule has 1 unspecified atom stereocenters. The minimum Gasteiger partial charge on any atom is -0.368 e. The van der Waals surface area contributed by atoms with E-state index in [9.17, 15) is 5.26 Å². The minimum atomic E-state index is -0.128. The Morgan fingerprint density at radius 3 is 2.52 bits per heavy atom. The van der Waals surface area contributed by atoms with Crippen LogP contribution in [0.15, 0.2) is 36.4 Å². The van der Waals surface area contributed by atoms with E-state index in [4.69, 9.17) is 11.6 Å². The van der Waals surface area contributed by atoms with Crippen LogP contribution in [0.3, 0.4) is 0 Å². The number of nitriles is 1. The van der Waals surface area contributed by atoms with Gasteiger partial charge in [0.05, 0.1) is 17.7 Å². The van der Waals surface area contributed by atoms with Crippen LogP contribution in [0.2, 0.25) is 5.02 Å². The summed E-state index contributed by atoms with van der Waals surface area (Å²) in [5.74, 6) is 1.58. The van der Waals surface area contributed by atoms with Gasteiger partial charge in [0.1, 0.15) is 5.82 Å². The van der Waals surface area contributed by atoms with E-state index in [0.717, 1.165) is 49.2 Å². The van der Waals surface area contributed by atoms with Gasteiger partial charge in [0.15, 0.2) is 0 Å². The van der Waals surface area contributed by atoms with Gasteiger partial charge in [-0.05, 0) is 61.2 Å². The molecule has 3 heterocycles. The molecule has 31 heavy (non-hydrogen) atoms. The van der Waals surface area contributed by atoms with Crippen LogP contribution in [0.4, 0.5) is 11.6 Å². The summed E-state index contributed by atoms with van der Waals surface area (Å²) < 4.78 is 2.14. The zero-order chi connectivity index (χ0) is 21.5. The first-order valence-corrected chi connectivity index (χ1v) is 11.1. The largest absolute Gasteiger partial charge is 0.368 e. The molecule has 0 saturated carbocycles. The van der Waals surface area contributed by atoms with Gasteiger partial charge in [-0.2, -0.15) is 5.26 Å². The molecule has 158 valence electrons. The first-order valence-electron chi connectivity index (χ1n) is 10.7. The summed E-state index contributed by atoms with van der Waals surface area (Å²) in [6, 6.07) is 14.8. The fourth-order valence-corrected chi connectivity index (χ4v) is 4.90. The normalized spacial score (nSPS) is 18.2. The Labute approximate surface area is 187 Å². The van der Waals surface area contributed by atoms with Gasteiger partial charge < -0.3 is 9.80 Å². The standard InChI is InChI=1S/C24H25ClN6/c1-16-4-3-5-21(17(16)2)29-8-10-30(11-9-29)24-28-27-23-13-18(15-26)12-19-14-20(25)6-7-22(19)31(23)24/h3-7,14,18H,8-13H2,1-2H3. The molecule has 1 atom stereocenters. The van der Waals surface area contributed by atoms with Crippen LogP contribution in [0, 0.1) is 31.1 Å². The number of anilines is 2. The Morgan fingerprint density at radius 2 is 1.74 bits per heavy atom. The molecule has 0 N–H and O–H groups in total. The molecule has 3 aromatic rings. The molecule has 2 aliphatic rings. The van der Waals surface area contributed by atoms with Crippen molar-refractivity contribution in [3.05, 3.63) is 63.9 Å². The van der Waals surface area contributed by atoms with Gasteiger partial charge in [-0.25, -0.2) is 0 Å². The molecule has 7 heteroatoms. The zero-order valence-corrected chi connectivity index (χ0v) is 18.6. The maximum absolute atomic E-state index is 9.61. The number of fused-ring (bicyclic) bond motifs is 3. The molecule has 2 aromatic carbocycles. The number of hydrogen-bond acceptors (Lipinski definition) is 5. The molecule has 1 saturated heterocycles. The summed E-state index contributed by atoms with van der Waals surface area (Å²) in [4.78, 5) is 4.77. The van der Waals surface area contributed by atoms with E-state index in [0.29, 0.717) is 17.9 Å². The lowest BCUT2D eigenvalue weighted by atomic mass is 9.98. The van der Waals surface area contributed by atoms with Gasteiger partial charge in [-0.3, -0.25) is 4.57 Å². The lowest BCUT2D eigenvalue weighted by molar-refractivity contribution is 0.631. The first-order chi connectivity index (χ1) is 15.0. The molecule has 5 rings (SSSR count). The number of aryl methyl sites for hydroxylation is 1. The first kappa shape index (κ1) is 19.9. The SMILES string of the molecule is Cc1cccc(N2CCN(c3nnc4n3-c3ccc(Cl)cc3CC(C#N)C4)CC2)c1C. The van der Waals surface area contributed by atoms with E-state index < -0.39 is 0 Å². The van der Waals surface area contributed by atoms with Crippen molar-refractivity contribution in [3.8, 4) is 11.8 Å². The molecule has 1 aromatic heterocycles. The number of benzene rings is 2.